The van der Waals surface area contributed by atoms with Crippen molar-refractivity contribution in [2.45, 2.75) is 31.2 Å². The predicted octanol–water partition coefficient (Wildman–Crippen LogP) is 4.32. The second-order valence-corrected chi connectivity index (χ2v) is 8.59. The molecule has 0 aliphatic rings. The van der Waals surface area contributed by atoms with Gasteiger partial charge in [0.25, 0.3) is 5.91 Å². The van der Waals surface area contributed by atoms with Gasteiger partial charge in [-0.25, -0.2) is 9.97 Å². The van der Waals surface area contributed by atoms with Crippen LogP contribution in [0.25, 0.3) is 11.0 Å². The Morgan fingerprint density at radius 3 is 2.48 bits per heavy atom. The molecule has 29 heavy (non-hydrogen) atoms. The van der Waals surface area contributed by atoms with Crippen LogP contribution in [-0.2, 0) is 12.3 Å². The van der Waals surface area contributed by atoms with Gasteiger partial charge in [-0.15, -0.1) is 10.2 Å². The summed E-state index contributed by atoms with van der Waals surface area (Å²) in [6, 6.07) is 15.9. The van der Waals surface area contributed by atoms with E-state index in [1.54, 1.807) is 11.8 Å². The lowest BCUT2D eigenvalue weighted by Crippen LogP contribution is -2.22. The Kier molecular flexibility index (Phi) is 5.82. The van der Waals surface area contributed by atoms with Crippen LogP contribution in [0.1, 0.15) is 31.6 Å². The van der Waals surface area contributed by atoms with E-state index in [1.165, 1.54) is 16.9 Å². The molecule has 1 amide bonds. The number of hydrogen-bond donors (Lipinski definition) is 1. The minimum Gasteiger partial charge on any atom is -0.346 e. The zero-order valence-corrected chi connectivity index (χ0v) is 17.7. The van der Waals surface area contributed by atoms with Gasteiger partial charge in [0, 0.05) is 6.54 Å². The highest BCUT2D eigenvalue weighted by Gasteiger charge is 2.14. The Morgan fingerprint density at radius 1 is 1.00 bits per heavy atom. The molecule has 2 aromatic heterocycles. The summed E-state index contributed by atoms with van der Waals surface area (Å²) in [4.78, 5) is 21.6. The summed E-state index contributed by atoms with van der Waals surface area (Å²) in [5, 5.41) is 13.1. The number of aryl methyl sites for hydroxylation is 2. The Hall–Kier alpha value is -2.84. The van der Waals surface area contributed by atoms with Crippen LogP contribution in [0.4, 0.5) is 0 Å². The fraction of sp³-hybridized carbons (Fsp3) is 0.190. The number of aromatic nitrogens is 4. The normalized spacial score (nSPS) is 11.0. The Balaban J connectivity index is 1.37. The molecule has 0 saturated heterocycles. The van der Waals surface area contributed by atoms with Crippen LogP contribution >= 0.6 is 23.1 Å². The topological polar surface area (TPSA) is 80.7 Å². The molecule has 0 bridgehead atoms. The van der Waals surface area contributed by atoms with Crippen molar-refractivity contribution in [3.63, 3.8) is 0 Å². The van der Waals surface area contributed by atoms with Gasteiger partial charge >= 0.3 is 0 Å². The fourth-order valence-corrected chi connectivity index (χ4v) is 4.41. The summed E-state index contributed by atoms with van der Waals surface area (Å²) < 4.78 is 0. The summed E-state index contributed by atoms with van der Waals surface area (Å²) in [5.74, 6) is 0.387. The Morgan fingerprint density at radius 2 is 1.72 bits per heavy atom. The molecular formula is C21H19N5OS2. The van der Waals surface area contributed by atoms with Crippen LogP contribution in [0.2, 0.25) is 0 Å². The van der Waals surface area contributed by atoms with E-state index in [1.807, 2.05) is 62.4 Å². The average molecular weight is 422 g/mol. The van der Waals surface area contributed by atoms with Crippen LogP contribution in [0, 0.1) is 13.8 Å². The number of rotatable bonds is 6. The number of carbonyl (C=O) groups excluding carboxylic acids is 1. The van der Waals surface area contributed by atoms with Crippen molar-refractivity contribution >= 4 is 40.0 Å². The number of amides is 1. The molecule has 8 heteroatoms. The Bertz CT molecular complexity index is 1160. The van der Waals surface area contributed by atoms with Crippen LogP contribution < -0.4 is 5.32 Å². The van der Waals surface area contributed by atoms with Gasteiger partial charge in [-0.05, 0) is 31.5 Å². The minimum atomic E-state index is -0.207. The highest BCUT2D eigenvalue weighted by atomic mass is 32.2. The third-order valence-electron chi connectivity index (χ3n) is 4.27. The molecule has 0 aliphatic heterocycles. The number of thioether (sulfide) groups is 1. The maximum atomic E-state index is 12.3. The number of benzene rings is 2. The van der Waals surface area contributed by atoms with Crippen molar-refractivity contribution < 1.29 is 4.79 Å². The maximum absolute atomic E-state index is 12.3. The second-order valence-electron chi connectivity index (χ2n) is 6.56. The molecule has 1 N–H and O–H groups in total. The first-order chi connectivity index (χ1) is 14.1. The third-order valence-corrected chi connectivity index (χ3v) is 6.45. The highest BCUT2D eigenvalue weighted by molar-refractivity contribution is 7.98. The number of para-hydroxylation sites is 2. The van der Waals surface area contributed by atoms with Crippen LogP contribution in [0.15, 0.2) is 53.6 Å². The van der Waals surface area contributed by atoms with Gasteiger partial charge in [0.05, 0.1) is 22.5 Å². The summed E-state index contributed by atoms with van der Waals surface area (Å²) in [6.07, 6.45) is 0. The van der Waals surface area contributed by atoms with Crippen molar-refractivity contribution in [1.82, 2.24) is 25.5 Å². The number of fused-ring (bicyclic) bond motifs is 1. The van der Waals surface area contributed by atoms with Gasteiger partial charge in [-0.1, -0.05) is 65.1 Å². The Labute approximate surface area is 176 Å². The first-order valence-electron chi connectivity index (χ1n) is 9.11. The molecule has 0 radical (unpaired) electrons. The summed E-state index contributed by atoms with van der Waals surface area (Å²) >= 11 is 2.86. The molecule has 0 unspecified atom stereocenters. The molecular weight excluding hydrogens is 402 g/mol. The van der Waals surface area contributed by atoms with Crippen LogP contribution in [0.3, 0.4) is 0 Å². The molecule has 0 saturated carbocycles. The van der Waals surface area contributed by atoms with E-state index in [4.69, 9.17) is 0 Å². The highest BCUT2D eigenvalue weighted by Crippen LogP contribution is 2.26. The number of hydrogen-bond acceptors (Lipinski definition) is 7. The number of carbonyl (C=O) groups is 1. The third kappa shape index (κ3) is 4.78. The molecule has 2 heterocycles. The van der Waals surface area contributed by atoms with Gasteiger partial charge in [0.15, 0.2) is 0 Å². The predicted molar refractivity (Wildman–Crippen MR) is 116 cm³/mol. The molecule has 4 rings (SSSR count). The van der Waals surface area contributed by atoms with Crippen molar-refractivity contribution in [2.24, 2.45) is 0 Å². The molecule has 4 aromatic rings. The van der Waals surface area contributed by atoms with Crippen LogP contribution in [0.5, 0.6) is 0 Å². The van der Waals surface area contributed by atoms with Gasteiger partial charge in [0.2, 0.25) is 5.01 Å². The molecule has 2 aromatic carbocycles. The molecule has 146 valence electrons. The van der Waals surface area contributed by atoms with E-state index in [9.17, 15) is 4.79 Å². The lowest BCUT2D eigenvalue weighted by atomic mass is 10.1. The zero-order valence-electron chi connectivity index (χ0n) is 16.0. The summed E-state index contributed by atoms with van der Waals surface area (Å²) in [6.45, 7) is 4.45. The minimum absolute atomic E-state index is 0.207. The van der Waals surface area contributed by atoms with Crippen molar-refractivity contribution in [3.8, 4) is 0 Å². The summed E-state index contributed by atoms with van der Waals surface area (Å²) in [7, 11) is 0. The van der Waals surface area contributed by atoms with Crippen LogP contribution in [-0.4, -0.2) is 26.1 Å². The molecule has 0 atom stereocenters. The first-order valence-corrected chi connectivity index (χ1v) is 10.9. The van der Waals surface area contributed by atoms with E-state index < -0.39 is 0 Å². The SMILES string of the molecule is Cc1ccc(CNC(=O)c2nnc(CSc3nc4ccccc4nc3C)s2)cc1. The fourth-order valence-electron chi connectivity index (χ4n) is 2.71. The summed E-state index contributed by atoms with van der Waals surface area (Å²) in [5.41, 5.74) is 4.88. The molecule has 0 aliphatic carbocycles. The standard InChI is InChI=1S/C21H19N5OS2/c1-13-7-9-15(10-8-13)11-22-19(27)21-26-25-18(29-21)12-28-20-14(2)23-16-5-3-4-6-17(16)24-20/h3-10H,11-12H2,1-2H3,(H,22,27). The first kappa shape index (κ1) is 19.5. The van der Waals surface area contributed by atoms with Gasteiger partial charge in [-0.3, -0.25) is 4.79 Å². The van der Waals surface area contributed by atoms with E-state index in [2.05, 4.69) is 25.5 Å². The van der Waals surface area contributed by atoms with E-state index in [0.717, 1.165) is 32.3 Å². The molecule has 6 nitrogen and oxygen atoms in total. The van der Waals surface area contributed by atoms with Gasteiger partial charge in [0.1, 0.15) is 10.0 Å². The van der Waals surface area contributed by atoms with E-state index >= 15 is 0 Å². The smallest absolute Gasteiger partial charge is 0.282 e. The van der Waals surface area contributed by atoms with Crippen molar-refractivity contribution in [3.05, 3.63) is 75.4 Å². The average Bonchev–Trinajstić information content (AvgIpc) is 3.21. The maximum Gasteiger partial charge on any atom is 0.282 e. The lowest BCUT2D eigenvalue weighted by molar-refractivity contribution is 0.0950. The lowest BCUT2D eigenvalue weighted by Gasteiger charge is -2.04. The molecule has 0 spiro atoms. The number of nitrogens with one attached hydrogen (secondary N) is 1. The van der Waals surface area contributed by atoms with Gasteiger partial charge < -0.3 is 5.32 Å². The van der Waals surface area contributed by atoms with E-state index in [0.29, 0.717) is 17.3 Å². The van der Waals surface area contributed by atoms with E-state index in [-0.39, 0.29) is 5.91 Å². The number of nitrogens with zero attached hydrogens (tertiary/aromatic N) is 4. The largest absolute Gasteiger partial charge is 0.346 e. The van der Waals surface area contributed by atoms with Crippen molar-refractivity contribution in [2.75, 3.05) is 0 Å². The quantitative estimate of drug-likeness (QED) is 0.467. The van der Waals surface area contributed by atoms with Crippen molar-refractivity contribution in [1.29, 1.82) is 0 Å². The second kappa shape index (κ2) is 8.67. The molecule has 0 fully saturated rings. The zero-order chi connectivity index (χ0) is 20.2. The monoisotopic (exact) mass is 421 g/mol. The van der Waals surface area contributed by atoms with Gasteiger partial charge in [-0.2, -0.15) is 0 Å².